The zero-order valence-electron chi connectivity index (χ0n) is 9.75. The van der Waals surface area contributed by atoms with Crippen molar-refractivity contribution in [3.8, 4) is 0 Å². The first kappa shape index (κ1) is 9.69. The summed E-state index contributed by atoms with van der Waals surface area (Å²) in [6.45, 7) is 5.84. The molecule has 0 radical (unpaired) electrons. The average molecular weight is 195 g/mol. The van der Waals surface area contributed by atoms with Crippen molar-refractivity contribution in [1.29, 1.82) is 0 Å². The summed E-state index contributed by atoms with van der Waals surface area (Å²) in [7, 11) is 6.63. The van der Waals surface area contributed by atoms with Crippen molar-refractivity contribution in [2.45, 2.75) is 13.3 Å². The highest BCUT2D eigenvalue weighted by Crippen LogP contribution is 2.32. The van der Waals surface area contributed by atoms with Crippen molar-refractivity contribution in [1.82, 2.24) is 14.7 Å². The molecule has 0 spiro atoms. The molecule has 0 amide bonds. The Morgan fingerprint density at radius 3 is 2.14 bits per heavy atom. The van der Waals surface area contributed by atoms with Crippen molar-refractivity contribution in [2.75, 3.05) is 40.8 Å². The van der Waals surface area contributed by atoms with Gasteiger partial charge in [-0.3, -0.25) is 0 Å². The van der Waals surface area contributed by atoms with Crippen molar-refractivity contribution < 1.29 is 0 Å². The molecule has 3 nitrogen and oxygen atoms in total. The highest BCUT2D eigenvalue weighted by molar-refractivity contribution is 5.18. The molecule has 0 aromatic rings. The molecule has 0 aromatic heterocycles. The number of allylic oxidation sites excluding steroid dienone is 1. The minimum absolute atomic E-state index is 0.717. The second kappa shape index (κ2) is 3.37. The molecule has 0 aliphatic carbocycles. The summed E-state index contributed by atoms with van der Waals surface area (Å²) in [5.74, 6) is 2.16. The summed E-state index contributed by atoms with van der Waals surface area (Å²) in [5.41, 5.74) is 1.53. The van der Waals surface area contributed by atoms with Crippen LogP contribution in [0.4, 0.5) is 0 Å². The summed E-state index contributed by atoms with van der Waals surface area (Å²) in [4.78, 5) is 7.21. The van der Waals surface area contributed by atoms with Crippen LogP contribution >= 0.6 is 0 Å². The molecule has 0 unspecified atom stereocenters. The van der Waals surface area contributed by atoms with Gasteiger partial charge in [-0.1, -0.05) is 6.92 Å². The zero-order chi connectivity index (χ0) is 10.3. The Kier molecular flexibility index (Phi) is 2.33. The van der Waals surface area contributed by atoms with Crippen LogP contribution in [0.3, 0.4) is 0 Å². The van der Waals surface area contributed by atoms with Gasteiger partial charge in [-0.05, 0) is 6.42 Å². The number of likely N-dealkylation sites (N-methyl/N-ethyl adjacent to an activating group) is 2. The van der Waals surface area contributed by atoms with Gasteiger partial charge in [0.1, 0.15) is 5.82 Å². The number of hydrogen-bond acceptors (Lipinski definition) is 3. The number of nitrogens with zero attached hydrogens (tertiary/aromatic N) is 3. The maximum atomic E-state index is 2.43. The smallest absolute Gasteiger partial charge is 0.123 e. The maximum Gasteiger partial charge on any atom is 0.123 e. The van der Waals surface area contributed by atoms with E-state index in [9.17, 15) is 0 Å². The lowest BCUT2D eigenvalue weighted by atomic mass is 9.97. The average Bonchev–Trinajstić information content (AvgIpc) is 2.16. The zero-order valence-corrected chi connectivity index (χ0v) is 9.75. The van der Waals surface area contributed by atoms with E-state index in [1.807, 2.05) is 0 Å². The molecule has 0 bridgehead atoms. The third kappa shape index (κ3) is 1.35. The van der Waals surface area contributed by atoms with Crippen LogP contribution in [0, 0.1) is 5.92 Å². The maximum absolute atomic E-state index is 2.43. The molecular weight excluding hydrogens is 174 g/mol. The normalized spacial score (nSPS) is 28.3. The van der Waals surface area contributed by atoms with Gasteiger partial charge in [-0.2, -0.15) is 0 Å². The molecular formula is C11H21N3. The summed E-state index contributed by atoms with van der Waals surface area (Å²) in [6.07, 6.45) is 1.29. The van der Waals surface area contributed by atoms with E-state index in [1.54, 1.807) is 0 Å². The van der Waals surface area contributed by atoms with Crippen LogP contribution in [0.25, 0.3) is 0 Å². The third-order valence-electron chi connectivity index (χ3n) is 3.50. The van der Waals surface area contributed by atoms with Gasteiger partial charge < -0.3 is 14.7 Å². The van der Waals surface area contributed by atoms with Gasteiger partial charge in [0, 0.05) is 46.7 Å². The highest BCUT2D eigenvalue weighted by Gasteiger charge is 2.30. The van der Waals surface area contributed by atoms with E-state index >= 15 is 0 Å². The van der Waals surface area contributed by atoms with Crippen molar-refractivity contribution in [2.24, 2.45) is 5.92 Å². The van der Waals surface area contributed by atoms with Gasteiger partial charge in [0.25, 0.3) is 0 Å². The van der Waals surface area contributed by atoms with Gasteiger partial charge in [0.05, 0.1) is 5.70 Å². The quantitative estimate of drug-likeness (QED) is 0.571. The lowest BCUT2D eigenvalue weighted by Crippen LogP contribution is -2.48. The molecule has 2 aliphatic heterocycles. The van der Waals surface area contributed by atoms with E-state index in [2.05, 4.69) is 42.8 Å². The molecule has 0 N–H and O–H groups in total. The Labute approximate surface area is 87.0 Å². The first-order chi connectivity index (χ1) is 6.61. The van der Waals surface area contributed by atoms with E-state index in [0.717, 1.165) is 13.1 Å². The molecule has 1 atom stereocenters. The van der Waals surface area contributed by atoms with Crippen molar-refractivity contribution in [3.05, 3.63) is 11.5 Å². The molecule has 3 heteroatoms. The lowest BCUT2D eigenvalue weighted by molar-refractivity contribution is 0.150. The van der Waals surface area contributed by atoms with Crippen molar-refractivity contribution >= 4 is 0 Å². The Morgan fingerprint density at radius 1 is 0.929 bits per heavy atom. The highest BCUT2D eigenvalue weighted by atomic mass is 15.4. The van der Waals surface area contributed by atoms with Gasteiger partial charge in [0.2, 0.25) is 0 Å². The SMILES string of the molecule is C[C@H]1CCN(C)C2=C1N(C)CCN2C. The molecule has 2 rings (SSSR count). The summed E-state index contributed by atoms with van der Waals surface area (Å²) >= 11 is 0. The van der Waals surface area contributed by atoms with Crippen LogP contribution < -0.4 is 0 Å². The summed E-state index contributed by atoms with van der Waals surface area (Å²) in [6, 6.07) is 0. The molecule has 2 aliphatic rings. The van der Waals surface area contributed by atoms with Gasteiger partial charge in [-0.15, -0.1) is 0 Å². The topological polar surface area (TPSA) is 9.72 Å². The van der Waals surface area contributed by atoms with E-state index in [4.69, 9.17) is 0 Å². The first-order valence-electron chi connectivity index (χ1n) is 5.49. The fourth-order valence-electron chi connectivity index (χ4n) is 2.61. The summed E-state index contributed by atoms with van der Waals surface area (Å²) in [5, 5.41) is 0. The van der Waals surface area contributed by atoms with Crippen molar-refractivity contribution in [3.63, 3.8) is 0 Å². The predicted octanol–water partition coefficient (Wildman–Crippen LogP) is 1.00. The fraction of sp³-hybridized carbons (Fsp3) is 0.818. The summed E-state index contributed by atoms with van der Waals surface area (Å²) < 4.78 is 0. The van der Waals surface area contributed by atoms with Crippen LogP contribution in [0.5, 0.6) is 0 Å². The van der Waals surface area contributed by atoms with Gasteiger partial charge >= 0.3 is 0 Å². The minimum atomic E-state index is 0.717. The number of rotatable bonds is 0. The standard InChI is InChI=1S/C11H21N3/c1-9-5-6-13(3)11-10(9)12(2)7-8-14(11)4/h9H,5-8H2,1-4H3/t9-/m0/s1. The Bertz CT molecular complexity index is 209. The molecule has 80 valence electrons. The molecule has 0 fully saturated rings. The van der Waals surface area contributed by atoms with Crippen LogP contribution in [0.15, 0.2) is 11.5 Å². The van der Waals surface area contributed by atoms with Crippen LogP contribution in [-0.2, 0) is 0 Å². The van der Waals surface area contributed by atoms with E-state index in [0.29, 0.717) is 5.92 Å². The monoisotopic (exact) mass is 195 g/mol. The Balaban J connectivity index is 2.40. The molecule has 2 heterocycles. The van der Waals surface area contributed by atoms with Crippen LogP contribution in [-0.4, -0.2) is 55.5 Å². The second-order valence-corrected chi connectivity index (χ2v) is 4.66. The number of hydrogen-bond donors (Lipinski definition) is 0. The molecule has 0 saturated carbocycles. The minimum Gasteiger partial charge on any atom is -0.373 e. The van der Waals surface area contributed by atoms with Gasteiger partial charge in [0.15, 0.2) is 0 Å². The van der Waals surface area contributed by atoms with Crippen LogP contribution in [0.1, 0.15) is 13.3 Å². The predicted molar refractivity (Wildman–Crippen MR) is 58.7 cm³/mol. The van der Waals surface area contributed by atoms with Gasteiger partial charge in [-0.25, -0.2) is 0 Å². The molecule has 0 saturated heterocycles. The molecule has 14 heavy (non-hydrogen) atoms. The fourth-order valence-corrected chi connectivity index (χ4v) is 2.61. The van der Waals surface area contributed by atoms with E-state index in [1.165, 1.54) is 24.5 Å². The van der Waals surface area contributed by atoms with E-state index in [-0.39, 0.29) is 0 Å². The third-order valence-corrected chi connectivity index (χ3v) is 3.50. The van der Waals surface area contributed by atoms with Crippen LogP contribution in [0.2, 0.25) is 0 Å². The Hall–Kier alpha value is -0.860. The van der Waals surface area contributed by atoms with E-state index < -0.39 is 0 Å². The first-order valence-corrected chi connectivity index (χ1v) is 5.49. The Morgan fingerprint density at radius 2 is 1.50 bits per heavy atom. The lowest BCUT2D eigenvalue weighted by Gasteiger charge is -2.46. The second-order valence-electron chi connectivity index (χ2n) is 4.66. The molecule has 0 aromatic carbocycles. The largest absolute Gasteiger partial charge is 0.373 e.